The molecule has 4 nitrogen and oxygen atoms in total. The van der Waals surface area contributed by atoms with Gasteiger partial charge in [0, 0.05) is 42.8 Å². The van der Waals surface area contributed by atoms with Gasteiger partial charge in [0.25, 0.3) is 0 Å². The van der Waals surface area contributed by atoms with E-state index < -0.39 is 0 Å². The van der Waals surface area contributed by atoms with Crippen LogP contribution in [0.4, 0.5) is 0 Å². The van der Waals surface area contributed by atoms with E-state index >= 15 is 0 Å². The van der Waals surface area contributed by atoms with Gasteiger partial charge < -0.3 is 15.3 Å². The molecular formula is C17H26N4. The molecular weight excluding hydrogens is 260 g/mol. The highest BCUT2D eigenvalue weighted by Crippen LogP contribution is 2.40. The van der Waals surface area contributed by atoms with Gasteiger partial charge in [-0.1, -0.05) is 13.8 Å². The number of nitrogens with one attached hydrogen (secondary N) is 1. The Morgan fingerprint density at radius 2 is 2.29 bits per heavy atom. The van der Waals surface area contributed by atoms with Gasteiger partial charge in [0.2, 0.25) is 0 Å². The number of nitrogens with two attached hydrogens (primary N) is 1. The van der Waals surface area contributed by atoms with E-state index in [0.717, 1.165) is 38.1 Å². The largest absolute Gasteiger partial charge is 0.349 e. The Balaban J connectivity index is 1.76. The van der Waals surface area contributed by atoms with Crippen molar-refractivity contribution in [1.82, 2.24) is 14.5 Å². The lowest BCUT2D eigenvalue weighted by Crippen LogP contribution is -2.30. The fourth-order valence-electron chi connectivity index (χ4n) is 3.65. The van der Waals surface area contributed by atoms with Crippen molar-refractivity contribution in [3.8, 4) is 0 Å². The number of aromatic nitrogens is 3. The SMILES string of the molecule is Cc1cc2c(n1CCCc1ncc[nH]1)CC(C)(C)CC2N. The number of aryl methyl sites for hydroxylation is 2. The molecule has 3 N–H and O–H groups in total. The summed E-state index contributed by atoms with van der Waals surface area (Å²) in [4.78, 5) is 7.47. The molecule has 0 saturated heterocycles. The molecule has 3 rings (SSSR count). The van der Waals surface area contributed by atoms with Crippen molar-refractivity contribution in [3.05, 3.63) is 41.2 Å². The molecule has 0 aromatic carbocycles. The first-order valence-corrected chi connectivity index (χ1v) is 7.89. The Kier molecular flexibility index (Phi) is 3.66. The fourth-order valence-corrected chi connectivity index (χ4v) is 3.65. The standard InChI is InChI=1S/C17H26N4/c1-12-9-13-14(18)10-17(2,3)11-15(13)21(12)8-4-5-16-19-6-7-20-16/h6-7,9,14H,4-5,8,10-11,18H2,1-3H3,(H,19,20). The number of H-pyrrole nitrogens is 1. The fraction of sp³-hybridized carbons (Fsp3) is 0.588. The molecule has 21 heavy (non-hydrogen) atoms. The number of aromatic amines is 1. The molecule has 0 amide bonds. The van der Waals surface area contributed by atoms with Crippen LogP contribution in [0.25, 0.3) is 0 Å². The topological polar surface area (TPSA) is 59.6 Å². The minimum Gasteiger partial charge on any atom is -0.349 e. The van der Waals surface area contributed by atoms with Gasteiger partial charge in [-0.15, -0.1) is 0 Å². The summed E-state index contributed by atoms with van der Waals surface area (Å²) in [6.07, 6.45) is 8.01. The van der Waals surface area contributed by atoms with Crippen molar-refractivity contribution in [1.29, 1.82) is 0 Å². The Morgan fingerprint density at radius 1 is 1.48 bits per heavy atom. The predicted octanol–water partition coefficient (Wildman–Crippen LogP) is 3.12. The number of fused-ring (bicyclic) bond motifs is 1. The number of rotatable bonds is 4. The van der Waals surface area contributed by atoms with Crippen LogP contribution >= 0.6 is 0 Å². The maximum Gasteiger partial charge on any atom is 0.106 e. The Labute approximate surface area is 126 Å². The normalized spacial score (nSPS) is 20.5. The van der Waals surface area contributed by atoms with Crippen LogP contribution < -0.4 is 5.73 Å². The smallest absolute Gasteiger partial charge is 0.106 e. The molecule has 1 unspecified atom stereocenters. The number of nitrogens with zero attached hydrogens (tertiary/aromatic N) is 2. The number of hydrogen-bond donors (Lipinski definition) is 2. The van der Waals surface area contributed by atoms with Crippen molar-refractivity contribution >= 4 is 0 Å². The van der Waals surface area contributed by atoms with Crippen LogP contribution in [0.15, 0.2) is 18.5 Å². The lowest BCUT2D eigenvalue weighted by atomic mass is 9.74. The van der Waals surface area contributed by atoms with Gasteiger partial charge in [0.05, 0.1) is 0 Å². The van der Waals surface area contributed by atoms with E-state index in [0.29, 0.717) is 5.41 Å². The van der Waals surface area contributed by atoms with E-state index in [9.17, 15) is 0 Å². The van der Waals surface area contributed by atoms with Gasteiger partial charge in [-0.05, 0) is 43.2 Å². The van der Waals surface area contributed by atoms with Crippen molar-refractivity contribution in [2.24, 2.45) is 11.1 Å². The number of imidazole rings is 1. The first kappa shape index (κ1) is 14.4. The van der Waals surface area contributed by atoms with E-state index in [2.05, 4.69) is 41.4 Å². The average Bonchev–Trinajstić information content (AvgIpc) is 2.99. The van der Waals surface area contributed by atoms with Crippen molar-refractivity contribution in [2.75, 3.05) is 0 Å². The lowest BCUT2D eigenvalue weighted by molar-refractivity contribution is 0.274. The molecule has 4 heteroatoms. The molecule has 0 radical (unpaired) electrons. The highest BCUT2D eigenvalue weighted by atomic mass is 15.0. The van der Waals surface area contributed by atoms with E-state index in [-0.39, 0.29) is 6.04 Å². The van der Waals surface area contributed by atoms with Crippen LogP contribution in [-0.2, 0) is 19.4 Å². The summed E-state index contributed by atoms with van der Waals surface area (Å²) >= 11 is 0. The molecule has 0 aliphatic heterocycles. The molecule has 2 heterocycles. The highest BCUT2D eigenvalue weighted by Gasteiger charge is 2.33. The maximum atomic E-state index is 6.38. The Bertz CT molecular complexity index is 607. The minimum absolute atomic E-state index is 0.189. The highest BCUT2D eigenvalue weighted by molar-refractivity contribution is 5.34. The molecule has 1 aliphatic carbocycles. The second-order valence-corrected chi connectivity index (χ2v) is 7.13. The van der Waals surface area contributed by atoms with Gasteiger partial charge in [-0.2, -0.15) is 0 Å². The molecule has 0 bridgehead atoms. The molecule has 2 aromatic rings. The third kappa shape index (κ3) is 2.91. The van der Waals surface area contributed by atoms with Crippen LogP contribution in [0, 0.1) is 12.3 Å². The molecule has 0 fully saturated rings. The predicted molar refractivity (Wildman–Crippen MR) is 85.1 cm³/mol. The van der Waals surface area contributed by atoms with Crippen LogP contribution in [0.2, 0.25) is 0 Å². The minimum atomic E-state index is 0.189. The Hall–Kier alpha value is -1.55. The van der Waals surface area contributed by atoms with Crippen LogP contribution in [0.3, 0.4) is 0 Å². The summed E-state index contributed by atoms with van der Waals surface area (Å²) < 4.78 is 2.47. The molecule has 0 saturated carbocycles. The van der Waals surface area contributed by atoms with Gasteiger partial charge in [0.1, 0.15) is 5.82 Å². The third-order valence-corrected chi connectivity index (χ3v) is 4.62. The lowest BCUT2D eigenvalue weighted by Gasteiger charge is -2.34. The molecule has 1 aliphatic rings. The second kappa shape index (κ2) is 5.34. The second-order valence-electron chi connectivity index (χ2n) is 7.13. The maximum absolute atomic E-state index is 6.38. The summed E-state index contributed by atoms with van der Waals surface area (Å²) in [6, 6.07) is 2.48. The summed E-state index contributed by atoms with van der Waals surface area (Å²) in [6.45, 7) is 7.90. The van der Waals surface area contributed by atoms with Crippen molar-refractivity contribution < 1.29 is 0 Å². The first-order chi connectivity index (χ1) is 9.96. The van der Waals surface area contributed by atoms with Crippen LogP contribution in [0.1, 0.15) is 55.5 Å². The van der Waals surface area contributed by atoms with Gasteiger partial charge >= 0.3 is 0 Å². The molecule has 114 valence electrons. The van der Waals surface area contributed by atoms with Crippen LogP contribution in [0.5, 0.6) is 0 Å². The van der Waals surface area contributed by atoms with Crippen LogP contribution in [-0.4, -0.2) is 14.5 Å². The van der Waals surface area contributed by atoms with E-state index in [1.807, 2.05) is 12.4 Å². The van der Waals surface area contributed by atoms with Crippen molar-refractivity contribution in [3.63, 3.8) is 0 Å². The zero-order chi connectivity index (χ0) is 15.0. The summed E-state index contributed by atoms with van der Waals surface area (Å²) in [7, 11) is 0. The van der Waals surface area contributed by atoms with Gasteiger partial charge in [0.15, 0.2) is 0 Å². The zero-order valence-corrected chi connectivity index (χ0v) is 13.3. The molecule has 2 aromatic heterocycles. The van der Waals surface area contributed by atoms with Crippen molar-refractivity contribution in [2.45, 2.75) is 59.0 Å². The zero-order valence-electron chi connectivity index (χ0n) is 13.3. The third-order valence-electron chi connectivity index (χ3n) is 4.62. The van der Waals surface area contributed by atoms with E-state index in [4.69, 9.17) is 5.73 Å². The summed E-state index contributed by atoms with van der Waals surface area (Å²) in [5.74, 6) is 1.07. The molecule has 1 atom stereocenters. The summed E-state index contributed by atoms with van der Waals surface area (Å²) in [5.41, 5.74) is 10.8. The van der Waals surface area contributed by atoms with E-state index in [1.165, 1.54) is 17.0 Å². The Morgan fingerprint density at radius 3 is 3.00 bits per heavy atom. The summed E-state index contributed by atoms with van der Waals surface area (Å²) in [5, 5.41) is 0. The monoisotopic (exact) mass is 286 g/mol. The number of hydrogen-bond acceptors (Lipinski definition) is 2. The van der Waals surface area contributed by atoms with E-state index in [1.54, 1.807) is 0 Å². The van der Waals surface area contributed by atoms with Gasteiger partial charge in [-0.25, -0.2) is 4.98 Å². The van der Waals surface area contributed by atoms with Gasteiger partial charge in [-0.3, -0.25) is 0 Å². The average molecular weight is 286 g/mol. The quantitative estimate of drug-likeness (QED) is 0.907. The first-order valence-electron chi connectivity index (χ1n) is 7.89. The molecule has 0 spiro atoms.